The minimum Gasteiger partial charge on any atom is -0.463 e. The molecule has 4 aliphatic rings. The minimum absolute atomic E-state index is 0.0260. The number of benzene rings is 1. The molecule has 0 aromatic heterocycles. The molecule has 6 atom stereocenters. The van der Waals surface area contributed by atoms with Crippen LogP contribution in [0.1, 0.15) is 45.6 Å². The summed E-state index contributed by atoms with van der Waals surface area (Å²) < 4.78 is 5.59. The van der Waals surface area contributed by atoms with E-state index >= 15 is 0 Å². The Kier molecular flexibility index (Phi) is 3.99. The van der Waals surface area contributed by atoms with Gasteiger partial charge >= 0.3 is 11.9 Å². The number of esters is 1. The first-order valence-corrected chi connectivity index (χ1v) is 10.4. The van der Waals surface area contributed by atoms with Crippen molar-refractivity contribution in [1.29, 1.82) is 0 Å². The Morgan fingerprint density at radius 1 is 1.14 bits per heavy atom. The van der Waals surface area contributed by atoms with Gasteiger partial charge in [0.25, 0.3) is 0 Å². The van der Waals surface area contributed by atoms with Crippen LogP contribution in [0.25, 0.3) is 0 Å². The van der Waals surface area contributed by atoms with Crippen LogP contribution in [0.5, 0.6) is 0 Å². The van der Waals surface area contributed by atoms with Gasteiger partial charge in [-0.05, 0) is 50.3 Å². The van der Waals surface area contributed by atoms with Crippen molar-refractivity contribution in [1.82, 2.24) is 4.90 Å². The number of hydrogen-bond donors (Lipinski definition) is 0. The highest BCUT2D eigenvalue weighted by Gasteiger charge is 2.66. The van der Waals surface area contributed by atoms with Gasteiger partial charge in [0.2, 0.25) is 0 Å². The number of anilines is 1. The summed E-state index contributed by atoms with van der Waals surface area (Å²) in [6, 6.07) is 9.03. The molecule has 1 aromatic carbocycles. The first-order chi connectivity index (χ1) is 13.4. The molecule has 3 fully saturated rings. The van der Waals surface area contributed by atoms with E-state index in [2.05, 4.69) is 23.1 Å². The first-order valence-electron chi connectivity index (χ1n) is 10.4. The van der Waals surface area contributed by atoms with Gasteiger partial charge in [0.1, 0.15) is 6.10 Å². The highest BCUT2D eigenvalue weighted by molar-refractivity contribution is 5.72. The number of hydrogen-bond acceptors (Lipinski definition) is 6. The minimum atomic E-state index is -0.276. The highest BCUT2D eigenvalue weighted by Crippen LogP contribution is 2.61. The second kappa shape index (κ2) is 6.21. The predicted molar refractivity (Wildman–Crippen MR) is 104 cm³/mol. The zero-order chi connectivity index (χ0) is 19.6. The molecule has 5 rings (SSSR count). The molecule has 1 spiro atoms. The van der Waals surface area contributed by atoms with Crippen LogP contribution in [0, 0.1) is 11.8 Å². The van der Waals surface area contributed by atoms with Crippen LogP contribution in [0.15, 0.2) is 24.3 Å². The van der Waals surface area contributed by atoms with E-state index in [9.17, 15) is 9.59 Å². The maximum absolute atomic E-state index is 11.9. The smallest absolute Gasteiger partial charge is 0.329 e. The summed E-state index contributed by atoms with van der Waals surface area (Å²) in [6.45, 7) is 7.01. The number of rotatable bonds is 3. The molecule has 6 nitrogen and oxygen atoms in total. The highest BCUT2D eigenvalue weighted by atomic mass is 16.7. The normalized spacial score (nSPS) is 36.5. The van der Waals surface area contributed by atoms with Gasteiger partial charge in [0.05, 0.1) is 11.7 Å². The number of nitrogens with zero attached hydrogens (tertiary/aromatic N) is 2. The quantitative estimate of drug-likeness (QED) is 0.747. The zero-order valence-electron chi connectivity index (χ0n) is 16.8. The van der Waals surface area contributed by atoms with E-state index in [1.165, 1.54) is 19.4 Å². The molecule has 150 valence electrons. The fourth-order valence-corrected chi connectivity index (χ4v) is 6.75. The Balaban J connectivity index is 1.55. The summed E-state index contributed by atoms with van der Waals surface area (Å²) in [7, 11) is 0. The van der Waals surface area contributed by atoms with E-state index in [0.29, 0.717) is 17.9 Å². The largest absolute Gasteiger partial charge is 0.463 e. The number of fused-ring (bicyclic) bond motifs is 2. The lowest BCUT2D eigenvalue weighted by Gasteiger charge is -2.54. The molecule has 0 N–H and O–H groups in total. The van der Waals surface area contributed by atoms with Gasteiger partial charge in [-0.2, -0.15) is 0 Å². The zero-order valence-corrected chi connectivity index (χ0v) is 16.8. The van der Waals surface area contributed by atoms with Crippen LogP contribution in [0.4, 0.5) is 5.69 Å². The topological polar surface area (TPSA) is 59.1 Å². The van der Waals surface area contributed by atoms with Crippen molar-refractivity contribution >= 4 is 17.6 Å². The van der Waals surface area contributed by atoms with E-state index < -0.39 is 0 Å². The lowest BCUT2D eigenvalue weighted by Crippen LogP contribution is -2.62. The first kappa shape index (κ1) is 18.0. The third kappa shape index (κ3) is 2.36. The number of ether oxygens (including phenoxy) is 1. The maximum Gasteiger partial charge on any atom is 0.329 e. The van der Waals surface area contributed by atoms with Crippen molar-refractivity contribution in [2.45, 2.75) is 63.6 Å². The van der Waals surface area contributed by atoms with Crippen LogP contribution in [-0.4, -0.2) is 48.1 Å². The third-order valence-electron chi connectivity index (χ3n) is 7.65. The van der Waals surface area contributed by atoms with Gasteiger partial charge in [-0.15, -0.1) is 0 Å². The Hall–Kier alpha value is -2.08. The fraction of sp³-hybridized carbons (Fsp3) is 0.636. The molecule has 2 saturated heterocycles. The van der Waals surface area contributed by atoms with Gasteiger partial charge in [-0.1, -0.05) is 18.2 Å². The molecule has 6 heteroatoms. The molecular formula is C22H28N2O4. The lowest BCUT2D eigenvalue weighted by molar-refractivity contribution is -0.153. The SMILES string of the molecule is CC(=O)O[C@@H](C)[C@H]1CN2CC[C@@]34c5ccccc5N(OC(C)=O)[C@@H]3C[C@@H]1C[C@@H]24. The molecule has 1 aliphatic carbocycles. The van der Waals surface area contributed by atoms with Crippen molar-refractivity contribution < 1.29 is 19.2 Å². The predicted octanol–water partition coefficient (Wildman–Crippen LogP) is 2.66. The van der Waals surface area contributed by atoms with Crippen LogP contribution in [0.2, 0.25) is 0 Å². The summed E-state index contributed by atoms with van der Waals surface area (Å²) in [5, 5.41) is 1.90. The van der Waals surface area contributed by atoms with Crippen LogP contribution in [0.3, 0.4) is 0 Å². The fourth-order valence-electron chi connectivity index (χ4n) is 6.75. The number of hydroxylamine groups is 1. The van der Waals surface area contributed by atoms with Crippen molar-refractivity contribution in [3.63, 3.8) is 0 Å². The van der Waals surface area contributed by atoms with Crippen molar-refractivity contribution in [2.75, 3.05) is 18.2 Å². The summed E-state index contributed by atoms with van der Waals surface area (Å²) in [5.74, 6) is 0.289. The Morgan fingerprint density at radius 3 is 2.64 bits per heavy atom. The monoisotopic (exact) mass is 384 g/mol. The average molecular weight is 384 g/mol. The van der Waals surface area contributed by atoms with Crippen LogP contribution >= 0.6 is 0 Å². The molecule has 0 unspecified atom stereocenters. The molecule has 2 bridgehead atoms. The number of piperidine rings is 1. The molecule has 0 amide bonds. The third-order valence-corrected chi connectivity index (χ3v) is 7.65. The number of carbonyl (C=O) groups is 2. The number of carbonyl (C=O) groups excluding carboxylic acids is 2. The number of para-hydroxylation sites is 1. The summed E-state index contributed by atoms with van der Waals surface area (Å²) in [4.78, 5) is 31.8. The summed E-state index contributed by atoms with van der Waals surface area (Å²) >= 11 is 0. The van der Waals surface area contributed by atoms with Gasteiger partial charge in [0, 0.05) is 37.8 Å². The van der Waals surface area contributed by atoms with Gasteiger partial charge in [-0.3, -0.25) is 14.5 Å². The lowest BCUT2D eigenvalue weighted by atomic mass is 9.58. The van der Waals surface area contributed by atoms with E-state index in [4.69, 9.17) is 9.57 Å². The van der Waals surface area contributed by atoms with E-state index in [-0.39, 0.29) is 29.5 Å². The van der Waals surface area contributed by atoms with E-state index in [0.717, 1.165) is 38.0 Å². The standard InChI is InChI=1S/C22H28N2O4/c1-13(27-14(2)25)17-12-23-9-8-22-18-6-4-5-7-19(18)24(28-15(3)26)21(22)11-16(17)10-20(22)23/h4-7,13,16-17,20-21H,8-12H2,1-3H3/t13-,16-,17+,20+,21+,22-/m0/s1. The second-order valence-electron chi connectivity index (χ2n) is 8.95. The van der Waals surface area contributed by atoms with Crippen molar-refractivity contribution in [3.8, 4) is 0 Å². The molecule has 1 aromatic rings. The summed E-state index contributed by atoms with van der Waals surface area (Å²) in [5.41, 5.74) is 2.40. The Labute approximate surface area is 165 Å². The van der Waals surface area contributed by atoms with Gasteiger partial charge < -0.3 is 9.57 Å². The maximum atomic E-state index is 11.9. The molecule has 3 aliphatic heterocycles. The second-order valence-corrected chi connectivity index (χ2v) is 8.95. The average Bonchev–Trinajstić information content (AvgIpc) is 3.17. The molecule has 28 heavy (non-hydrogen) atoms. The molecule has 0 radical (unpaired) electrons. The Morgan fingerprint density at radius 2 is 1.89 bits per heavy atom. The molecule has 1 saturated carbocycles. The molecular weight excluding hydrogens is 356 g/mol. The summed E-state index contributed by atoms with van der Waals surface area (Å²) in [6.07, 6.45) is 3.07. The van der Waals surface area contributed by atoms with Crippen molar-refractivity contribution in [3.05, 3.63) is 29.8 Å². The Bertz CT molecular complexity index is 827. The molecule has 3 heterocycles. The van der Waals surface area contributed by atoms with E-state index in [1.807, 2.05) is 18.1 Å². The van der Waals surface area contributed by atoms with Crippen LogP contribution in [-0.2, 0) is 24.6 Å². The van der Waals surface area contributed by atoms with Crippen LogP contribution < -0.4 is 5.06 Å². The van der Waals surface area contributed by atoms with Gasteiger partial charge in [0.15, 0.2) is 0 Å². The van der Waals surface area contributed by atoms with Crippen molar-refractivity contribution in [2.24, 2.45) is 11.8 Å². The van der Waals surface area contributed by atoms with Gasteiger partial charge in [-0.25, -0.2) is 5.06 Å². The van der Waals surface area contributed by atoms with E-state index in [1.54, 1.807) is 0 Å².